The zero-order chi connectivity index (χ0) is 17.6. The first kappa shape index (κ1) is 18.0. The molecule has 1 heterocycles. The molecule has 1 N–H and O–H groups in total. The van der Waals surface area contributed by atoms with Crippen LogP contribution in [-0.4, -0.2) is 23.3 Å². The van der Waals surface area contributed by atoms with Crippen LogP contribution in [0.25, 0.3) is 0 Å². The largest absolute Gasteiger partial charge is 0.326 e. The van der Waals surface area contributed by atoms with Gasteiger partial charge in [-0.1, -0.05) is 24.6 Å². The molecule has 1 amide bonds. The van der Waals surface area contributed by atoms with E-state index in [4.69, 9.17) is 0 Å². The molecular weight excluding hydrogens is 335 g/mol. The van der Waals surface area contributed by atoms with Gasteiger partial charge >= 0.3 is 0 Å². The maximum absolute atomic E-state index is 13.2. The first-order valence-electron chi connectivity index (χ1n) is 8.68. The minimum Gasteiger partial charge on any atom is -0.326 e. The van der Waals surface area contributed by atoms with Crippen LogP contribution in [0, 0.1) is 12.7 Å². The van der Waals surface area contributed by atoms with Crippen molar-refractivity contribution in [3.05, 3.63) is 59.4 Å². The van der Waals surface area contributed by atoms with E-state index < -0.39 is 0 Å². The third-order valence-corrected chi connectivity index (χ3v) is 5.37. The molecule has 1 saturated heterocycles. The van der Waals surface area contributed by atoms with Gasteiger partial charge in [-0.2, -0.15) is 0 Å². The standard InChI is InChI=1S/C20H23FN2OS/c1-15-8-9-18(25-23-10-3-2-4-11-23)14-19(15)22-20(24)13-16-6-5-7-17(21)12-16/h5-9,12,14H,2-4,10-11,13H2,1H3,(H,22,24). The summed E-state index contributed by atoms with van der Waals surface area (Å²) < 4.78 is 15.6. The Morgan fingerprint density at radius 2 is 1.96 bits per heavy atom. The number of carbonyl (C=O) groups excluding carboxylic acids is 1. The third kappa shape index (κ3) is 5.31. The molecule has 1 aliphatic heterocycles. The monoisotopic (exact) mass is 358 g/mol. The lowest BCUT2D eigenvalue weighted by molar-refractivity contribution is -0.115. The Kier molecular flexibility index (Phi) is 6.10. The SMILES string of the molecule is Cc1ccc(SN2CCCCC2)cc1NC(=O)Cc1cccc(F)c1. The van der Waals surface area contributed by atoms with Gasteiger partial charge in [-0.15, -0.1) is 0 Å². The van der Waals surface area contributed by atoms with E-state index in [1.165, 1.54) is 31.4 Å². The quantitative estimate of drug-likeness (QED) is 0.779. The second-order valence-corrected chi connectivity index (χ2v) is 7.58. The van der Waals surface area contributed by atoms with Crippen molar-refractivity contribution in [2.24, 2.45) is 0 Å². The molecule has 0 unspecified atom stereocenters. The fourth-order valence-electron chi connectivity index (χ4n) is 2.92. The molecule has 2 aromatic rings. The van der Waals surface area contributed by atoms with E-state index in [9.17, 15) is 9.18 Å². The number of benzene rings is 2. The van der Waals surface area contributed by atoms with Crippen LogP contribution in [-0.2, 0) is 11.2 Å². The van der Waals surface area contributed by atoms with Crippen LogP contribution in [0.4, 0.5) is 10.1 Å². The number of nitrogens with zero attached hydrogens (tertiary/aromatic N) is 1. The number of nitrogens with one attached hydrogen (secondary N) is 1. The Morgan fingerprint density at radius 1 is 1.16 bits per heavy atom. The average molecular weight is 358 g/mol. The van der Waals surface area contributed by atoms with E-state index in [0.717, 1.165) is 29.2 Å². The topological polar surface area (TPSA) is 32.3 Å². The lowest BCUT2D eigenvalue weighted by Crippen LogP contribution is -2.22. The van der Waals surface area contributed by atoms with Crippen molar-refractivity contribution in [1.82, 2.24) is 4.31 Å². The predicted molar refractivity (Wildman–Crippen MR) is 101 cm³/mol. The second-order valence-electron chi connectivity index (χ2n) is 6.41. The van der Waals surface area contributed by atoms with E-state index in [1.807, 2.05) is 19.1 Å². The van der Waals surface area contributed by atoms with Gasteiger partial charge < -0.3 is 5.32 Å². The number of amides is 1. The molecule has 3 nitrogen and oxygen atoms in total. The highest BCUT2D eigenvalue weighted by molar-refractivity contribution is 7.97. The van der Waals surface area contributed by atoms with Gasteiger partial charge in [0, 0.05) is 23.7 Å². The molecule has 0 bridgehead atoms. The molecule has 2 aromatic carbocycles. The van der Waals surface area contributed by atoms with Crippen LogP contribution in [0.15, 0.2) is 47.4 Å². The Labute approximate surface area is 152 Å². The number of anilines is 1. The van der Waals surface area contributed by atoms with Gasteiger partial charge in [0.05, 0.1) is 6.42 Å². The van der Waals surface area contributed by atoms with Crippen LogP contribution < -0.4 is 5.32 Å². The van der Waals surface area contributed by atoms with E-state index >= 15 is 0 Å². The fourth-order valence-corrected chi connectivity index (χ4v) is 3.96. The molecule has 1 aliphatic rings. The smallest absolute Gasteiger partial charge is 0.228 e. The van der Waals surface area contributed by atoms with E-state index in [-0.39, 0.29) is 18.1 Å². The summed E-state index contributed by atoms with van der Waals surface area (Å²) >= 11 is 1.75. The summed E-state index contributed by atoms with van der Waals surface area (Å²) in [6, 6.07) is 12.3. The van der Waals surface area contributed by atoms with E-state index in [2.05, 4.69) is 15.7 Å². The van der Waals surface area contributed by atoms with Gasteiger partial charge in [0.25, 0.3) is 0 Å². The maximum atomic E-state index is 13.2. The highest BCUT2D eigenvalue weighted by atomic mass is 32.2. The molecule has 0 spiro atoms. The van der Waals surface area contributed by atoms with Crippen molar-refractivity contribution in [2.45, 2.75) is 37.5 Å². The number of aryl methyl sites for hydroxylation is 1. The van der Waals surface area contributed by atoms with Crippen LogP contribution in [0.3, 0.4) is 0 Å². The molecule has 25 heavy (non-hydrogen) atoms. The molecule has 5 heteroatoms. The summed E-state index contributed by atoms with van der Waals surface area (Å²) in [5.41, 5.74) is 2.52. The molecule has 1 fully saturated rings. The summed E-state index contributed by atoms with van der Waals surface area (Å²) in [5, 5.41) is 2.96. The lowest BCUT2D eigenvalue weighted by atomic mass is 10.1. The Balaban J connectivity index is 1.64. The van der Waals surface area contributed by atoms with Crippen LogP contribution in [0.1, 0.15) is 30.4 Å². The number of rotatable bonds is 5. The summed E-state index contributed by atoms with van der Waals surface area (Å²) in [6.45, 7) is 4.20. The number of hydrogen-bond acceptors (Lipinski definition) is 3. The third-order valence-electron chi connectivity index (χ3n) is 4.29. The Morgan fingerprint density at radius 3 is 2.72 bits per heavy atom. The molecule has 0 atom stereocenters. The molecule has 0 saturated carbocycles. The Bertz CT molecular complexity index is 744. The highest BCUT2D eigenvalue weighted by Gasteiger charge is 2.13. The molecule has 0 aromatic heterocycles. The maximum Gasteiger partial charge on any atom is 0.228 e. The number of piperidine rings is 1. The van der Waals surface area contributed by atoms with E-state index in [0.29, 0.717) is 5.56 Å². The Hall–Kier alpha value is -1.85. The van der Waals surface area contributed by atoms with Crippen molar-refractivity contribution in [3.63, 3.8) is 0 Å². The van der Waals surface area contributed by atoms with Crippen LogP contribution >= 0.6 is 11.9 Å². The molecule has 3 rings (SSSR count). The van der Waals surface area contributed by atoms with E-state index in [1.54, 1.807) is 24.1 Å². The minimum absolute atomic E-state index is 0.131. The normalized spacial score (nSPS) is 15.1. The van der Waals surface area contributed by atoms with Gasteiger partial charge in [-0.05, 0) is 67.1 Å². The highest BCUT2D eigenvalue weighted by Crippen LogP contribution is 2.29. The predicted octanol–water partition coefficient (Wildman–Crippen LogP) is 4.81. The summed E-state index contributed by atoms with van der Waals surface area (Å²) in [7, 11) is 0. The zero-order valence-corrected chi connectivity index (χ0v) is 15.2. The first-order chi connectivity index (χ1) is 12.1. The molecule has 0 radical (unpaired) electrons. The van der Waals surface area contributed by atoms with Crippen molar-refractivity contribution < 1.29 is 9.18 Å². The van der Waals surface area contributed by atoms with Crippen molar-refractivity contribution in [3.8, 4) is 0 Å². The summed E-state index contributed by atoms with van der Waals surface area (Å²) in [4.78, 5) is 13.4. The van der Waals surface area contributed by atoms with Crippen molar-refractivity contribution in [2.75, 3.05) is 18.4 Å². The molecule has 0 aliphatic carbocycles. The van der Waals surface area contributed by atoms with Gasteiger partial charge in [-0.25, -0.2) is 8.70 Å². The fraction of sp³-hybridized carbons (Fsp3) is 0.350. The molecule has 132 valence electrons. The second kappa shape index (κ2) is 8.50. The number of carbonyl (C=O) groups is 1. The van der Waals surface area contributed by atoms with Crippen LogP contribution in [0.5, 0.6) is 0 Å². The van der Waals surface area contributed by atoms with Crippen LogP contribution in [0.2, 0.25) is 0 Å². The number of halogens is 1. The van der Waals surface area contributed by atoms with Crippen molar-refractivity contribution in [1.29, 1.82) is 0 Å². The average Bonchev–Trinajstić information content (AvgIpc) is 2.59. The van der Waals surface area contributed by atoms with Gasteiger partial charge in [-0.3, -0.25) is 4.79 Å². The minimum atomic E-state index is -0.318. The number of hydrogen-bond donors (Lipinski definition) is 1. The summed E-state index contributed by atoms with van der Waals surface area (Å²) in [5.74, 6) is -0.449. The van der Waals surface area contributed by atoms with Gasteiger partial charge in [0.1, 0.15) is 5.82 Å². The lowest BCUT2D eigenvalue weighted by Gasteiger charge is -2.25. The molecular formula is C20H23FN2OS. The van der Waals surface area contributed by atoms with Gasteiger partial charge in [0.2, 0.25) is 5.91 Å². The zero-order valence-electron chi connectivity index (χ0n) is 14.4. The summed E-state index contributed by atoms with van der Waals surface area (Å²) in [6.07, 6.45) is 3.97. The van der Waals surface area contributed by atoms with Crippen molar-refractivity contribution >= 4 is 23.5 Å². The first-order valence-corrected chi connectivity index (χ1v) is 9.45. The van der Waals surface area contributed by atoms with Gasteiger partial charge in [0.15, 0.2) is 0 Å².